The number of aryl methyl sites for hydroxylation is 1. The first kappa shape index (κ1) is 32.6. The van der Waals surface area contributed by atoms with E-state index >= 15 is 0 Å². The third kappa shape index (κ3) is 6.92. The van der Waals surface area contributed by atoms with Crippen molar-refractivity contribution in [2.45, 2.75) is 34.1 Å². The Kier molecular flexibility index (Phi) is 9.35. The van der Waals surface area contributed by atoms with Gasteiger partial charge in [0.2, 0.25) is 5.91 Å². The van der Waals surface area contributed by atoms with Crippen LogP contribution in [0, 0.1) is 6.92 Å². The predicted molar refractivity (Wildman–Crippen MR) is 152 cm³/mol. The number of thioether (sulfide) groups is 1. The molecule has 0 atom stereocenters. The van der Waals surface area contributed by atoms with Gasteiger partial charge in [0.25, 0.3) is 15.6 Å². The Morgan fingerprint density at radius 3 is 2.14 bits per heavy atom. The number of hydrogen-bond acceptors (Lipinski definition) is 7. The van der Waals surface area contributed by atoms with Crippen LogP contribution in [0.2, 0.25) is 0 Å². The van der Waals surface area contributed by atoms with Crippen molar-refractivity contribution < 1.29 is 44.7 Å². The average Bonchev–Trinajstić information content (AvgIpc) is 3.36. The maximum Gasteiger partial charge on any atom is 0.430 e. The highest BCUT2D eigenvalue weighted by Crippen LogP contribution is 2.50. The smallest absolute Gasteiger partial charge is 0.369 e. The van der Waals surface area contributed by atoms with Gasteiger partial charge < -0.3 is 10.4 Å². The number of rotatable bonds is 10. The first-order valence-corrected chi connectivity index (χ1v) is 15.6. The third-order valence-electron chi connectivity index (χ3n) is 6.21. The lowest BCUT2D eigenvalue weighted by molar-refractivity contribution is -0.376. The van der Waals surface area contributed by atoms with E-state index in [-0.39, 0.29) is 11.4 Å². The van der Waals surface area contributed by atoms with Gasteiger partial charge in [-0.05, 0) is 43.3 Å². The summed E-state index contributed by atoms with van der Waals surface area (Å²) in [6, 6.07) is 15.0. The second-order valence-corrected chi connectivity index (χ2v) is 13.5. The minimum atomic E-state index is -6.12. The summed E-state index contributed by atoms with van der Waals surface area (Å²) in [5.74, 6) is -0.384. The maximum atomic E-state index is 13.5. The molecule has 0 spiro atoms. The summed E-state index contributed by atoms with van der Waals surface area (Å²) in [4.78, 5) is 17.0. The number of aliphatic hydroxyl groups is 1. The molecule has 0 unspecified atom stereocenters. The molecule has 0 bridgehead atoms. The molecule has 1 amide bonds. The van der Waals surface area contributed by atoms with Crippen molar-refractivity contribution in [3.8, 4) is 0 Å². The summed E-state index contributed by atoms with van der Waals surface area (Å²) < 4.78 is 109. The average molecular weight is 664 g/mol. The van der Waals surface area contributed by atoms with Gasteiger partial charge in [-0.25, -0.2) is 13.4 Å². The molecule has 16 heteroatoms. The lowest BCUT2D eigenvalue weighted by Gasteiger charge is -2.33. The van der Waals surface area contributed by atoms with E-state index in [1.807, 2.05) is 24.3 Å². The fourth-order valence-corrected chi connectivity index (χ4v) is 7.35. The molecule has 0 aliphatic carbocycles. The van der Waals surface area contributed by atoms with Crippen LogP contribution in [0.15, 0.2) is 82.0 Å². The molecule has 3 aromatic carbocycles. The molecule has 0 saturated heterocycles. The molecule has 0 saturated carbocycles. The van der Waals surface area contributed by atoms with Crippen molar-refractivity contribution in [2.24, 2.45) is 0 Å². The summed E-state index contributed by atoms with van der Waals surface area (Å²) in [6.45, 7) is 0.986. The number of hydrogen-bond donors (Lipinski definition) is 2. The number of benzene rings is 3. The molecule has 0 fully saturated rings. The van der Waals surface area contributed by atoms with Crippen LogP contribution < -0.4 is 9.62 Å². The monoisotopic (exact) mass is 663 g/mol. The number of nitrogens with zero attached hydrogens (tertiary/aromatic N) is 2. The highest BCUT2D eigenvalue weighted by molar-refractivity contribution is 8.01. The SMILES string of the molecule is Cc1ccc(S(=O)(=O)N(CC(=O)NCCSc2nc3ccccc3s2)c2ccc(C(O)(C(F)(F)F)C(F)(F)F)cc2)cc1. The van der Waals surface area contributed by atoms with E-state index < -0.39 is 51.7 Å². The Bertz CT molecular complexity index is 1640. The van der Waals surface area contributed by atoms with E-state index in [4.69, 9.17) is 0 Å². The standard InChI is InChI=1S/C27H23F6N3O4S3/c1-17-6-12-20(13-7-17)43(39,40)36(19-10-8-18(9-11-19)25(38,26(28,29)30)27(31,32)33)16-23(37)34-14-15-41-24-35-21-4-2-3-5-22(21)42-24/h2-13,38H,14-16H2,1H3,(H,34,37). The molecular weight excluding hydrogens is 641 g/mol. The van der Waals surface area contributed by atoms with Crippen LogP contribution in [0.1, 0.15) is 11.1 Å². The fraction of sp³-hybridized carbons (Fsp3) is 0.259. The first-order chi connectivity index (χ1) is 20.0. The van der Waals surface area contributed by atoms with Crippen molar-refractivity contribution in [1.29, 1.82) is 0 Å². The number of anilines is 1. The van der Waals surface area contributed by atoms with Crippen molar-refractivity contribution in [2.75, 3.05) is 23.1 Å². The number of halogens is 6. The number of amides is 1. The van der Waals surface area contributed by atoms with Crippen LogP contribution in [0.3, 0.4) is 0 Å². The number of fused-ring (bicyclic) bond motifs is 1. The lowest BCUT2D eigenvalue weighted by atomic mass is 9.92. The van der Waals surface area contributed by atoms with Gasteiger partial charge in [-0.15, -0.1) is 11.3 Å². The van der Waals surface area contributed by atoms with Gasteiger partial charge in [0.15, 0.2) is 4.34 Å². The second kappa shape index (κ2) is 12.3. The van der Waals surface area contributed by atoms with E-state index in [2.05, 4.69) is 10.3 Å². The predicted octanol–water partition coefficient (Wildman–Crippen LogP) is 6.02. The van der Waals surface area contributed by atoms with Gasteiger partial charge in [-0.1, -0.05) is 53.7 Å². The molecule has 4 aromatic rings. The number of carbonyl (C=O) groups is 1. The van der Waals surface area contributed by atoms with E-state index in [0.29, 0.717) is 34.3 Å². The van der Waals surface area contributed by atoms with E-state index in [1.54, 1.807) is 6.92 Å². The number of aromatic nitrogens is 1. The number of carbonyl (C=O) groups excluding carboxylic acids is 1. The van der Waals surface area contributed by atoms with Crippen LogP contribution in [0.4, 0.5) is 32.0 Å². The van der Waals surface area contributed by atoms with Gasteiger partial charge in [-0.3, -0.25) is 9.10 Å². The summed E-state index contributed by atoms with van der Waals surface area (Å²) in [5, 5.41) is 12.3. The highest BCUT2D eigenvalue weighted by atomic mass is 32.2. The summed E-state index contributed by atoms with van der Waals surface area (Å²) in [5.41, 5.74) is -5.62. The minimum absolute atomic E-state index is 0.112. The zero-order chi connectivity index (χ0) is 31.6. The largest absolute Gasteiger partial charge is 0.430 e. The molecule has 43 heavy (non-hydrogen) atoms. The molecule has 0 aliphatic heterocycles. The molecule has 7 nitrogen and oxygen atoms in total. The lowest BCUT2D eigenvalue weighted by Crippen LogP contribution is -2.53. The molecule has 1 heterocycles. The fourth-order valence-electron chi connectivity index (χ4n) is 3.94. The number of alkyl halides is 6. The van der Waals surface area contributed by atoms with Crippen molar-refractivity contribution in [3.05, 3.63) is 83.9 Å². The van der Waals surface area contributed by atoms with Crippen molar-refractivity contribution in [1.82, 2.24) is 10.3 Å². The van der Waals surface area contributed by atoms with Gasteiger partial charge in [0.05, 0.1) is 20.8 Å². The van der Waals surface area contributed by atoms with Gasteiger partial charge in [0, 0.05) is 17.9 Å². The van der Waals surface area contributed by atoms with Crippen LogP contribution in [-0.2, 0) is 20.4 Å². The van der Waals surface area contributed by atoms with E-state index in [1.165, 1.54) is 47.4 Å². The molecular formula is C27H23F6N3O4S3. The molecule has 230 valence electrons. The topological polar surface area (TPSA) is 99.6 Å². The number of sulfonamides is 1. The Morgan fingerprint density at radius 2 is 1.56 bits per heavy atom. The van der Waals surface area contributed by atoms with Gasteiger partial charge in [-0.2, -0.15) is 26.3 Å². The summed E-state index contributed by atoms with van der Waals surface area (Å²) >= 11 is 2.83. The van der Waals surface area contributed by atoms with Crippen molar-refractivity contribution >= 4 is 54.9 Å². The van der Waals surface area contributed by atoms with E-state index in [9.17, 15) is 44.7 Å². The second-order valence-electron chi connectivity index (χ2n) is 9.22. The van der Waals surface area contributed by atoms with Crippen LogP contribution in [0.25, 0.3) is 10.2 Å². The quantitative estimate of drug-likeness (QED) is 0.122. The molecule has 4 rings (SSSR count). The molecule has 1 aromatic heterocycles. The highest BCUT2D eigenvalue weighted by Gasteiger charge is 2.71. The van der Waals surface area contributed by atoms with Crippen LogP contribution in [0.5, 0.6) is 0 Å². The summed E-state index contributed by atoms with van der Waals surface area (Å²) in [6.07, 6.45) is -12.2. The zero-order valence-corrected chi connectivity index (χ0v) is 24.6. The van der Waals surface area contributed by atoms with Crippen LogP contribution >= 0.6 is 23.1 Å². The number of para-hydroxylation sites is 1. The summed E-state index contributed by atoms with van der Waals surface area (Å²) in [7, 11) is -4.51. The number of thiazole rings is 1. The van der Waals surface area contributed by atoms with Gasteiger partial charge in [0.1, 0.15) is 6.54 Å². The Morgan fingerprint density at radius 1 is 0.953 bits per heavy atom. The normalized spacial score (nSPS) is 12.8. The maximum absolute atomic E-state index is 13.5. The molecule has 0 aliphatic rings. The minimum Gasteiger partial charge on any atom is -0.369 e. The Labute approximate surface area is 250 Å². The first-order valence-electron chi connectivity index (χ1n) is 12.3. The van der Waals surface area contributed by atoms with Crippen molar-refractivity contribution in [3.63, 3.8) is 0 Å². The van der Waals surface area contributed by atoms with Crippen LogP contribution in [-0.4, -0.2) is 55.6 Å². The molecule has 2 N–H and O–H groups in total. The molecule has 0 radical (unpaired) electrons. The van der Waals surface area contributed by atoms with Gasteiger partial charge >= 0.3 is 12.4 Å². The Hall–Kier alpha value is -3.34. The van der Waals surface area contributed by atoms with E-state index in [0.717, 1.165) is 20.1 Å². The third-order valence-corrected chi connectivity index (χ3v) is 10.2. The Balaban J connectivity index is 1.55. The zero-order valence-electron chi connectivity index (χ0n) is 22.1. The number of nitrogens with one attached hydrogen (secondary N) is 1.